The number of methoxy groups -OCH3 is 1. The van der Waals surface area contributed by atoms with Gasteiger partial charge < -0.3 is 18.8 Å². The molecule has 1 aromatic carbocycles. The third kappa shape index (κ3) is 2.83. The van der Waals surface area contributed by atoms with Gasteiger partial charge in [-0.2, -0.15) is 0 Å². The van der Waals surface area contributed by atoms with Crippen molar-refractivity contribution >= 4 is 24.3 Å². The summed E-state index contributed by atoms with van der Waals surface area (Å²) < 4.78 is 22.9. The summed E-state index contributed by atoms with van der Waals surface area (Å²) in [6.45, 7) is 11.4. The van der Waals surface area contributed by atoms with Crippen LogP contribution >= 0.6 is 0 Å². The minimum Gasteiger partial charge on any atom is -0.475 e. The number of esters is 1. The van der Waals surface area contributed by atoms with Gasteiger partial charge in [0.15, 0.2) is 5.78 Å². The third-order valence-electron chi connectivity index (χ3n) is 5.63. The van der Waals surface area contributed by atoms with Crippen LogP contribution in [0.5, 0.6) is 5.75 Å². The summed E-state index contributed by atoms with van der Waals surface area (Å²) in [5, 5.41) is 0. The quantitative estimate of drug-likeness (QED) is 0.595. The van der Waals surface area contributed by atoms with Crippen LogP contribution in [0.4, 0.5) is 0 Å². The lowest BCUT2D eigenvalue weighted by Gasteiger charge is -2.33. The van der Waals surface area contributed by atoms with Crippen molar-refractivity contribution in [3.8, 4) is 5.75 Å². The SMILES string of the molecule is COC(=O)C1(C)CC(=O)c2cc(C)c(B3OC(C)(C)C(C)(C)O3)cc2O1. The van der Waals surface area contributed by atoms with E-state index < -0.39 is 29.9 Å². The number of ketones is 1. The number of benzene rings is 1. The van der Waals surface area contributed by atoms with Crippen LogP contribution in [0, 0.1) is 6.92 Å². The molecule has 0 bridgehead atoms. The number of hydrogen-bond donors (Lipinski definition) is 0. The number of carbonyl (C=O) groups is 2. The van der Waals surface area contributed by atoms with E-state index in [1.807, 2.05) is 34.6 Å². The fourth-order valence-corrected chi connectivity index (χ4v) is 3.24. The first kappa shape index (κ1) is 18.9. The van der Waals surface area contributed by atoms with Gasteiger partial charge in [-0.3, -0.25) is 4.79 Å². The zero-order valence-electron chi connectivity index (χ0n) is 16.4. The predicted octanol–water partition coefficient (Wildman–Crippen LogP) is 2.19. The fraction of sp³-hybridized carbons (Fsp3) is 0.579. The molecule has 2 aliphatic rings. The van der Waals surface area contributed by atoms with Crippen molar-refractivity contribution in [2.75, 3.05) is 7.11 Å². The number of aryl methyl sites for hydroxylation is 1. The molecule has 0 amide bonds. The highest BCUT2D eigenvalue weighted by Gasteiger charge is 2.52. The molecule has 0 N–H and O–H groups in total. The standard InChI is InChI=1S/C19H25BO6/c1-11-8-12-14(21)10-19(6,16(22)23-7)24-15(12)9-13(11)20-25-17(2,3)18(4,5)26-20/h8-9H,10H2,1-7H3. The second-order valence-corrected chi connectivity index (χ2v) is 8.22. The Bertz CT molecular complexity index is 768. The van der Waals surface area contributed by atoms with Gasteiger partial charge in [-0.05, 0) is 59.1 Å². The molecule has 26 heavy (non-hydrogen) atoms. The summed E-state index contributed by atoms with van der Waals surface area (Å²) in [5.74, 6) is -0.374. The van der Waals surface area contributed by atoms with E-state index in [1.54, 1.807) is 19.1 Å². The molecule has 3 rings (SSSR count). The van der Waals surface area contributed by atoms with E-state index in [1.165, 1.54) is 7.11 Å². The maximum Gasteiger partial charge on any atom is 0.495 e. The van der Waals surface area contributed by atoms with Gasteiger partial charge >= 0.3 is 13.1 Å². The van der Waals surface area contributed by atoms with Crippen molar-refractivity contribution in [2.45, 2.75) is 64.8 Å². The van der Waals surface area contributed by atoms with Crippen LogP contribution in [0.1, 0.15) is 57.0 Å². The van der Waals surface area contributed by atoms with E-state index in [-0.39, 0.29) is 12.2 Å². The van der Waals surface area contributed by atoms with Crippen molar-refractivity contribution in [3.05, 3.63) is 23.3 Å². The van der Waals surface area contributed by atoms with E-state index in [0.717, 1.165) is 11.0 Å². The van der Waals surface area contributed by atoms with Crippen molar-refractivity contribution in [2.24, 2.45) is 0 Å². The van der Waals surface area contributed by atoms with Gasteiger partial charge in [0.1, 0.15) is 5.75 Å². The zero-order chi connectivity index (χ0) is 19.5. The highest BCUT2D eigenvalue weighted by molar-refractivity contribution is 6.62. The highest BCUT2D eigenvalue weighted by Crippen LogP contribution is 2.38. The molecule has 1 unspecified atom stereocenters. The molecule has 2 heterocycles. The summed E-state index contributed by atoms with van der Waals surface area (Å²) in [6.07, 6.45) is -0.0536. The van der Waals surface area contributed by atoms with Crippen molar-refractivity contribution in [3.63, 3.8) is 0 Å². The topological polar surface area (TPSA) is 71.1 Å². The second kappa shape index (κ2) is 5.82. The molecular formula is C19H25BO6. The van der Waals surface area contributed by atoms with Crippen molar-refractivity contribution < 1.29 is 28.4 Å². The Hall–Kier alpha value is -1.86. The van der Waals surface area contributed by atoms with Crippen LogP contribution in [-0.4, -0.2) is 42.8 Å². The van der Waals surface area contributed by atoms with Gasteiger partial charge in [0, 0.05) is 0 Å². The minimum absolute atomic E-state index is 0.0536. The summed E-state index contributed by atoms with van der Waals surface area (Å²) >= 11 is 0. The Kier molecular flexibility index (Phi) is 4.24. The first-order valence-electron chi connectivity index (χ1n) is 8.71. The van der Waals surface area contributed by atoms with E-state index in [9.17, 15) is 9.59 Å². The Morgan fingerprint density at radius 1 is 1.12 bits per heavy atom. The Balaban J connectivity index is 2.01. The summed E-state index contributed by atoms with van der Waals surface area (Å²) in [7, 11) is 0.706. The Labute approximate surface area is 154 Å². The molecule has 140 valence electrons. The molecule has 1 atom stereocenters. The van der Waals surface area contributed by atoms with Gasteiger partial charge in [-0.25, -0.2) is 4.79 Å². The molecule has 1 aromatic rings. The average molecular weight is 360 g/mol. The largest absolute Gasteiger partial charge is 0.495 e. The van der Waals surface area contributed by atoms with Gasteiger partial charge in [0.05, 0.1) is 30.3 Å². The number of hydrogen-bond acceptors (Lipinski definition) is 6. The molecule has 0 radical (unpaired) electrons. The molecule has 2 aliphatic heterocycles. The predicted molar refractivity (Wildman–Crippen MR) is 96.9 cm³/mol. The molecule has 1 fully saturated rings. The zero-order valence-corrected chi connectivity index (χ0v) is 16.4. The molecule has 0 saturated carbocycles. The number of carbonyl (C=O) groups excluding carboxylic acids is 2. The molecular weight excluding hydrogens is 335 g/mol. The number of rotatable bonds is 2. The van der Waals surface area contributed by atoms with E-state index in [0.29, 0.717) is 11.3 Å². The molecule has 0 spiro atoms. The van der Waals surface area contributed by atoms with Gasteiger partial charge in [-0.15, -0.1) is 0 Å². The maximum absolute atomic E-state index is 12.6. The average Bonchev–Trinajstić information content (AvgIpc) is 2.74. The number of ether oxygens (including phenoxy) is 2. The van der Waals surface area contributed by atoms with Gasteiger partial charge in [-0.1, -0.05) is 5.56 Å². The molecule has 7 heteroatoms. The van der Waals surface area contributed by atoms with Crippen LogP contribution in [-0.2, 0) is 18.8 Å². The summed E-state index contributed by atoms with van der Waals surface area (Å²) in [4.78, 5) is 24.6. The summed E-state index contributed by atoms with van der Waals surface area (Å²) in [6, 6.07) is 3.51. The van der Waals surface area contributed by atoms with E-state index in [4.69, 9.17) is 18.8 Å². The van der Waals surface area contributed by atoms with Crippen molar-refractivity contribution in [1.29, 1.82) is 0 Å². The maximum atomic E-state index is 12.6. The molecule has 1 saturated heterocycles. The monoisotopic (exact) mass is 360 g/mol. The Morgan fingerprint density at radius 3 is 2.23 bits per heavy atom. The van der Waals surface area contributed by atoms with Crippen LogP contribution in [0.2, 0.25) is 0 Å². The lowest BCUT2D eigenvalue weighted by Crippen LogP contribution is -2.47. The van der Waals surface area contributed by atoms with Crippen LogP contribution < -0.4 is 10.2 Å². The molecule has 0 aliphatic carbocycles. The van der Waals surface area contributed by atoms with Crippen LogP contribution in [0.25, 0.3) is 0 Å². The lowest BCUT2D eigenvalue weighted by molar-refractivity contribution is -0.157. The smallest absolute Gasteiger partial charge is 0.475 e. The fourth-order valence-electron chi connectivity index (χ4n) is 3.24. The van der Waals surface area contributed by atoms with Gasteiger partial charge in [0.2, 0.25) is 5.60 Å². The normalized spacial score (nSPS) is 26.3. The van der Waals surface area contributed by atoms with Crippen molar-refractivity contribution in [1.82, 2.24) is 0 Å². The number of fused-ring (bicyclic) bond motifs is 1. The minimum atomic E-state index is -1.33. The van der Waals surface area contributed by atoms with Crippen LogP contribution in [0.3, 0.4) is 0 Å². The van der Waals surface area contributed by atoms with Gasteiger partial charge in [0.25, 0.3) is 0 Å². The number of Topliss-reactive ketones (excluding diaryl/α,β-unsaturated/α-hetero) is 1. The first-order valence-corrected chi connectivity index (χ1v) is 8.71. The third-order valence-corrected chi connectivity index (χ3v) is 5.63. The lowest BCUT2D eigenvalue weighted by atomic mass is 9.74. The second-order valence-electron chi connectivity index (χ2n) is 8.22. The van der Waals surface area contributed by atoms with E-state index in [2.05, 4.69) is 0 Å². The molecule has 0 aromatic heterocycles. The molecule has 6 nitrogen and oxygen atoms in total. The Morgan fingerprint density at radius 2 is 1.69 bits per heavy atom. The summed E-state index contributed by atoms with van der Waals surface area (Å²) in [5.41, 5.74) is -0.162. The highest BCUT2D eigenvalue weighted by atomic mass is 16.7. The first-order chi connectivity index (χ1) is 11.9. The van der Waals surface area contributed by atoms with Crippen LogP contribution in [0.15, 0.2) is 12.1 Å². The van der Waals surface area contributed by atoms with E-state index >= 15 is 0 Å².